The topological polar surface area (TPSA) is 90.3 Å². The lowest BCUT2D eigenvalue weighted by Crippen LogP contribution is -2.24. The predicted octanol–water partition coefficient (Wildman–Crippen LogP) is 2.11. The summed E-state index contributed by atoms with van der Waals surface area (Å²) in [6, 6.07) is 13.1. The number of benzene rings is 2. The zero-order chi connectivity index (χ0) is 18.0. The molecular weight excluding hydrogens is 322 g/mol. The van der Waals surface area contributed by atoms with Crippen molar-refractivity contribution in [1.29, 1.82) is 0 Å². The SMILES string of the molecule is CC(=O)Nc1ccc(OC(=O)c2nn(C)c(=O)c3ccccc23)cc1. The summed E-state index contributed by atoms with van der Waals surface area (Å²) in [6.45, 7) is 1.41. The third-order valence-corrected chi connectivity index (χ3v) is 3.54. The minimum absolute atomic E-state index is 0.0589. The van der Waals surface area contributed by atoms with Crippen LogP contribution in [0.5, 0.6) is 5.75 Å². The average molecular weight is 337 g/mol. The van der Waals surface area contributed by atoms with Crippen LogP contribution in [0, 0.1) is 0 Å². The lowest BCUT2D eigenvalue weighted by molar-refractivity contribution is -0.114. The van der Waals surface area contributed by atoms with Gasteiger partial charge in [0, 0.05) is 25.0 Å². The molecule has 7 nitrogen and oxygen atoms in total. The number of nitrogens with one attached hydrogen (secondary N) is 1. The molecule has 1 aromatic heterocycles. The van der Waals surface area contributed by atoms with Crippen molar-refractivity contribution in [3.05, 3.63) is 64.6 Å². The Morgan fingerprint density at radius 3 is 2.32 bits per heavy atom. The summed E-state index contributed by atoms with van der Waals surface area (Å²) in [6.07, 6.45) is 0. The normalized spacial score (nSPS) is 10.5. The standard InChI is InChI=1S/C18H15N3O4/c1-11(22)19-12-7-9-13(10-8-12)25-18(24)16-14-5-3-4-6-15(14)17(23)21(2)20-16/h3-10H,1-2H3,(H,19,22). The molecule has 0 aliphatic carbocycles. The number of fused-ring (bicyclic) bond motifs is 1. The molecule has 0 saturated carbocycles. The third kappa shape index (κ3) is 3.40. The number of esters is 1. The van der Waals surface area contributed by atoms with Crippen LogP contribution < -0.4 is 15.6 Å². The third-order valence-electron chi connectivity index (χ3n) is 3.54. The van der Waals surface area contributed by atoms with E-state index in [1.807, 2.05) is 0 Å². The van der Waals surface area contributed by atoms with E-state index in [-0.39, 0.29) is 17.2 Å². The largest absolute Gasteiger partial charge is 0.422 e. The summed E-state index contributed by atoms with van der Waals surface area (Å²) in [5.74, 6) is -0.552. The molecule has 0 aliphatic heterocycles. The van der Waals surface area contributed by atoms with Gasteiger partial charge in [0.25, 0.3) is 5.56 Å². The van der Waals surface area contributed by atoms with Gasteiger partial charge in [0.05, 0.1) is 5.39 Å². The van der Waals surface area contributed by atoms with Crippen LogP contribution in [0.3, 0.4) is 0 Å². The Bertz CT molecular complexity index is 1020. The molecule has 1 N–H and O–H groups in total. The quantitative estimate of drug-likeness (QED) is 0.584. The molecule has 1 heterocycles. The number of nitrogens with zero attached hydrogens (tertiary/aromatic N) is 2. The molecule has 2 aromatic carbocycles. The van der Waals surface area contributed by atoms with Gasteiger partial charge in [-0.1, -0.05) is 18.2 Å². The molecule has 126 valence electrons. The molecule has 1 amide bonds. The number of anilines is 1. The van der Waals surface area contributed by atoms with Crippen molar-refractivity contribution in [2.24, 2.45) is 7.05 Å². The molecule has 0 spiro atoms. The fourth-order valence-corrected chi connectivity index (χ4v) is 2.42. The van der Waals surface area contributed by atoms with Gasteiger partial charge in [-0.25, -0.2) is 9.48 Å². The molecule has 0 saturated heterocycles. The highest BCUT2D eigenvalue weighted by Crippen LogP contribution is 2.19. The first-order valence-corrected chi connectivity index (χ1v) is 7.51. The van der Waals surface area contributed by atoms with E-state index in [1.54, 1.807) is 48.5 Å². The van der Waals surface area contributed by atoms with Crippen LogP contribution in [-0.4, -0.2) is 21.7 Å². The number of rotatable bonds is 3. The van der Waals surface area contributed by atoms with E-state index in [1.165, 1.54) is 14.0 Å². The first-order chi connectivity index (χ1) is 12.0. The molecule has 0 unspecified atom stereocenters. The summed E-state index contributed by atoms with van der Waals surface area (Å²) >= 11 is 0. The van der Waals surface area contributed by atoms with Gasteiger partial charge in [0.1, 0.15) is 5.75 Å². The van der Waals surface area contributed by atoms with Crippen molar-refractivity contribution in [2.75, 3.05) is 5.32 Å². The number of aryl methyl sites for hydroxylation is 1. The smallest absolute Gasteiger partial charge is 0.364 e. The lowest BCUT2D eigenvalue weighted by atomic mass is 10.1. The number of hydrogen-bond donors (Lipinski definition) is 1. The highest BCUT2D eigenvalue weighted by molar-refractivity contribution is 6.02. The molecule has 0 atom stereocenters. The lowest BCUT2D eigenvalue weighted by Gasteiger charge is -2.09. The van der Waals surface area contributed by atoms with Crippen LogP contribution in [0.1, 0.15) is 17.4 Å². The second-order valence-corrected chi connectivity index (χ2v) is 5.42. The first-order valence-electron chi connectivity index (χ1n) is 7.51. The Labute approximate surface area is 142 Å². The van der Waals surface area contributed by atoms with Gasteiger partial charge in [-0.15, -0.1) is 0 Å². The first kappa shape index (κ1) is 16.4. The van der Waals surface area contributed by atoms with E-state index in [2.05, 4.69) is 10.4 Å². The minimum Gasteiger partial charge on any atom is -0.422 e. The number of carbonyl (C=O) groups excluding carboxylic acids is 2. The number of carbonyl (C=O) groups is 2. The number of amides is 1. The van der Waals surface area contributed by atoms with Gasteiger partial charge < -0.3 is 10.1 Å². The zero-order valence-electron chi connectivity index (χ0n) is 13.6. The summed E-state index contributed by atoms with van der Waals surface area (Å²) < 4.78 is 6.44. The van der Waals surface area contributed by atoms with Crippen LogP contribution in [0.15, 0.2) is 53.3 Å². The van der Waals surface area contributed by atoms with Crippen LogP contribution in [0.25, 0.3) is 10.8 Å². The number of ether oxygens (including phenoxy) is 1. The number of aromatic nitrogens is 2. The van der Waals surface area contributed by atoms with E-state index in [9.17, 15) is 14.4 Å². The van der Waals surface area contributed by atoms with Crippen molar-refractivity contribution < 1.29 is 14.3 Å². The van der Waals surface area contributed by atoms with Gasteiger partial charge in [0.2, 0.25) is 5.91 Å². The van der Waals surface area contributed by atoms with E-state index >= 15 is 0 Å². The van der Waals surface area contributed by atoms with Crippen LogP contribution in [0.4, 0.5) is 5.69 Å². The Morgan fingerprint density at radius 2 is 1.68 bits per heavy atom. The second-order valence-electron chi connectivity index (χ2n) is 5.42. The summed E-state index contributed by atoms with van der Waals surface area (Å²) in [5.41, 5.74) is 0.369. The van der Waals surface area contributed by atoms with Crippen LogP contribution >= 0.6 is 0 Å². The van der Waals surface area contributed by atoms with Crippen LogP contribution in [0.2, 0.25) is 0 Å². The highest BCUT2D eigenvalue weighted by atomic mass is 16.5. The summed E-state index contributed by atoms with van der Waals surface area (Å²) in [5, 5.41) is 7.48. The fraction of sp³-hybridized carbons (Fsp3) is 0.111. The Hall–Kier alpha value is -3.48. The van der Waals surface area contributed by atoms with Crippen molar-refractivity contribution in [3.63, 3.8) is 0 Å². The van der Waals surface area contributed by atoms with Gasteiger partial charge >= 0.3 is 5.97 Å². The predicted molar refractivity (Wildman–Crippen MR) is 92.7 cm³/mol. The van der Waals surface area contributed by atoms with Crippen LogP contribution in [-0.2, 0) is 11.8 Å². The van der Waals surface area contributed by atoms with Gasteiger partial charge in [-0.05, 0) is 30.3 Å². The molecule has 0 fully saturated rings. The molecule has 25 heavy (non-hydrogen) atoms. The van der Waals surface area contributed by atoms with Crippen molar-refractivity contribution in [2.45, 2.75) is 6.92 Å². The van der Waals surface area contributed by atoms with Gasteiger partial charge in [0.15, 0.2) is 5.69 Å². The Kier molecular flexibility index (Phi) is 4.30. The molecule has 3 rings (SSSR count). The fourth-order valence-electron chi connectivity index (χ4n) is 2.42. The Morgan fingerprint density at radius 1 is 1.04 bits per heavy atom. The summed E-state index contributed by atoms with van der Waals surface area (Å²) in [7, 11) is 1.48. The van der Waals surface area contributed by atoms with Gasteiger partial charge in [-0.2, -0.15) is 5.10 Å². The maximum Gasteiger partial charge on any atom is 0.364 e. The highest BCUT2D eigenvalue weighted by Gasteiger charge is 2.17. The van der Waals surface area contributed by atoms with E-state index in [0.717, 1.165) is 4.68 Å². The minimum atomic E-state index is -0.668. The molecule has 7 heteroatoms. The van der Waals surface area contributed by atoms with Crippen molar-refractivity contribution in [3.8, 4) is 5.75 Å². The summed E-state index contributed by atoms with van der Waals surface area (Å²) in [4.78, 5) is 35.6. The molecule has 0 radical (unpaired) electrons. The molecule has 0 bridgehead atoms. The maximum absolute atomic E-state index is 12.5. The van der Waals surface area contributed by atoms with Crippen molar-refractivity contribution >= 4 is 28.3 Å². The van der Waals surface area contributed by atoms with E-state index in [0.29, 0.717) is 22.2 Å². The molecular formula is C18H15N3O4. The molecule has 3 aromatic rings. The second kappa shape index (κ2) is 6.56. The molecule has 0 aliphatic rings. The maximum atomic E-state index is 12.5. The zero-order valence-corrected chi connectivity index (χ0v) is 13.6. The Balaban J connectivity index is 1.91. The van der Waals surface area contributed by atoms with E-state index in [4.69, 9.17) is 4.74 Å². The van der Waals surface area contributed by atoms with Gasteiger partial charge in [-0.3, -0.25) is 9.59 Å². The average Bonchev–Trinajstić information content (AvgIpc) is 2.59. The van der Waals surface area contributed by atoms with Crippen molar-refractivity contribution in [1.82, 2.24) is 9.78 Å². The van der Waals surface area contributed by atoms with E-state index < -0.39 is 5.97 Å². The monoisotopic (exact) mass is 337 g/mol. The number of hydrogen-bond acceptors (Lipinski definition) is 5.